The lowest BCUT2D eigenvalue weighted by atomic mass is 10.1. The Morgan fingerprint density at radius 2 is 1.79 bits per heavy atom. The smallest absolute Gasteiger partial charge is 0.172 e. The molecule has 3 aromatic rings. The van der Waals surface area contributed by atoms with E-state index in [0.29, 0.717) is 11.6 Å². The van der Waals surface area contributed by atoms with Crippen LogP contribution in [0.4, 0.5) is 11.6 Å². The van der Waals surface area contributed by atoms with Gasteiger partial charge >= 0.3 is 0 Å². The minimum Gasteiger partial charge on any atom is -0.490 e. The summed E-state index contributed by atoms with van der Waals surface area (Å²) in [6.07, 6.45) is 7.89. The van der Waals surface area contributed by atoms with Crippen LogP contribution < -0.4 is 15.0 Å². The molecule has 0 atom stereocenters. The summed E-state index contributed by atoms with van der Waals surface area (Å²) < 4.78 is 6.12. The first-order valence-corrected chi connectivity index (χ1v) is 10.1. The number of fused-ring (bicyclic) bond motifs is 1. The van der Waals surface area contributed by atoms with Gasteiger partial charge in [0.05, 0.1) is 23.3 Å². The van der Waals surface area contributed by atoms with Crippen LogP contribution in [0.3, 0.4) is 0 Å². The third-order valence-corrected chi connectivity index (χ3v) is 5.39. The van der Waals surface area contributed by atoms with Crippen LogP contribution in [0.2, 0.25) is 0 Å². The molecule has 146 valence electrons. The molecule has 1 saturated carbocycles. The molecule has 1 aromatic carbocycles. The SMILES string of the molecule is N#Cc1ccc(OC2CCN(c3nc4cnccc4nc3NC3CC3)CC2)cc1. The van der Waals surface area contributed by atoms with E-state index in [4.69, 9.17) is 20.0 Å². The molecule has 0 radical (unpaired) electrons. The van der Waals surface area contributed by atoms with Gasteiger partial charge in [0.25, 0.3) is 0 Å². The Labute approximate surface area is 169 Å². The standard InChI is InChI=1S/C22H22N6O/c23-13-15-1-5-17(6-2-15)29-18-8-11-28(12-9-18)22-21(25-16-3-4-16)26-19-7-10-24-14-20(19)27-22/h1-2,5-7,10,14,16,18H,3-4,8-9,11-12H2,(H,25,26). The molecule has 1 aliphatic heterocycles. The maximum Gasteiger partial charge on any atom is 0.172 e. The summed E-state index contributed by atoms with van der Waals surface area (Å²) in [6.45, 7) is 1.72. The molecule has 1 saturated heterocycles. The molecular weight excluding hydrogens is 364 g/mol. The molecule has 1 N–H and O–H groups in total. The van der Waals surface area contributed by atoms with Gasteiger partial charge in [-0.05, 0) is 43.2 Å². The summed E-state index contributed by atoms with van der Waals surface area (Å²) in [6, 6.07) is 11.9. The van der Waals surface area contributed by atoms with E-state index in [1.54, 1.807) is 24.5 Å². The highest BCUT2D eigenvalue weighted by molar-refractivity contribution is 5.80. The highest BCUT2D eigenvalue weighted by Gasteiger charge is 2.28. The molecule has 0 amide bonds. The van der Waals surface area contributed by atoms with Crippen molar-refractivity contribution in [3.63, 3.8) is 0 Å². The van der Waals surface area contributed by atoms with Crippen LogP contribution in [0.15, 0.2) is 42.7 Å². The largest absolute Gasteiger partial charge is 0.490 e. The van der Waals surface area contributed by atoms with E-state index in [2.05, 4.69) is 21.3 Å². The fraction of sp³-hybridized carbons (Fsp3) is 0.364. The zero-order valence-electron chi connectivity index (χ0n) is 16.1. The van der Waals surface area contributed by atoms with Crippen LogP contribution in [0.25, 0.3) is 11.0 Å². The number of hydrogen-bond donors (Lipinski definition) is 1. The number of nitrogens with zero attached hydrogens (tertiary/aromatic N) is 5. The number of nitriles is 1. The minimum absolute atomic E-state index is 0.161. The van der Waals surface area contributed by atoms with Gasteiger partial charge < -0.3 is 15.0 Å². The van der Waals surface area contributed by atoms with Crippen LogP contribution in [0, 0.1) is 11.3 Å². The number of rotatable bonds is 5. The van der Waals surface area contributed by atoms with Gasteiger partial charge in [0.2, 0.25) is 0 Å². The highest BCUT2D eigenvalue weighted by atomic mass is 16.5. The molecule has 2 fully saturated rings. The van der Waals surface area contributed by atoms with Gasteiger partial charge in [0, 0.05) is 38.2 Å². The highest BCUT2D eigenvalue weighted by Crippen LogP contribution is 2.32. The predicted molar refractivity (Wildman–Crippen MR) is 111 cm³/mol. The second-order valence-electron chi connectivity index (χ2n) is 7.62. The number of aromatic nitrogens is 3. The quantitative estimate of drug-likeness (QED) is 0.718. The first kappa shape index (κ1) is 17.7. The summed E-state index contributed by atoms with van der Waals surface area (Å²) >= 11 is 0. The van der Waals surface area contributed by atoms with Crippen molar-refractivity contribution in [2.45, 2.75) is 37.8 Å². The van der Waals surface area contributed by atoms with E-state index in [1.165, 1.54) is 12.8 Å². The molecule has 0 spiro atoms. The average molecular weight is 386 g/mol. The first-order valence-electron chi connectivity index (χ1n) is 10.1. The van der Waals surface area contributed by atoms with Gasteiger partial charge in [-0.2, -0.15) is 5.26 Å². The minimum atomic E-state index is 0.161. The van der Waals surface area contributed by atoms with E-state index < -0.39 is 0 Å². The van der Waals surface area contributed by atoms with E-state index >= 15 is 0 Å². The molecule has 3 heterocycles. The Balaban J connectivity index is 1.30. The Kier molecular flexibility index (Phi) is 4.60. The summed E-state index contributed by atoms with van der Waals surface area (Å²) in [7, 11) is 0. The van der Waals surface area contributed by atoms with Gasteiger partial charge in [-0.15, -0.1) is 0 Å². The molecule has 5 rings (SSSR count). The Morgan fingerprint density at radius 3 is 2.52 bits per heavy atom. The van der Waals surface area contributed by atoms with E-state index in [0.717, 1.165) is 54.3 Å². The molecule has 2 aliphatic rings. The van der Waals surface area contributed by atoms with Crippen LogP contribution in [-0.2, 0) is 0 Å². The monoisotopic (exact) mass is 386 g/mol. The number of nitrogens with one attached hydrogen (secondary N) is 1. The fourth-order valence-corrected chi connectivity index (χ4v) is 3.62. The van der Waals surface area contributed by atoms with Crippen LogP contribution in [0.1, 0.15) is 31.2 Å². The summed E-state index contributed by atoms with van der Waals surface area (Å²) in [5.74, 6) is 2.60. The van der Waals surface area contributed by atoms with Crippen LogP contribution in [0.5, 0.6) is 5.75 Å². The fourth-order valence-electron chi connectivity index (χ4n) is 3.62. The Bertz CT molecular complexity index is 1050. The third-order valence-electron chi connectivity index (χ3n) is 5.39. The zero-order chi connectivity index (χ0) is 19.6. The summed E-state index contributed by atoms with van der Waals surface area (Å²) in [5, 5.41) is 12.5. The average Bonchev–Trinajstić information content (AvgIpc) is 3.58. The third kappa shape index (κ3) is 3.92. The van der Waals surface area contributed by atoms with Crippen molar-refractivity contribution in [3.05, 3.63) is 48.3 Å². The van der Waals surface area contributed by atoms with Gasteiger partial charge in [0.1, 0.15) is 17.4 Å². The number of ether oxygens (including phenoxy) is 1. The van der Waals surface area contributed by atoms with E-state index in [9.17, 15) is 0 Å². The molecular formula is C22H22N6O. The zero-order valence-corrected chi connectivity index (χ0v) is 16.1. The number of anilines is 2. The van der Waals surface area contributed by atoms with Gasteiger partial charge in [-0.25, -0.2) is 9.97 Å². The predicted octanol–water partition coefficient (Wildman–Crippen LogP) is 3.52. The Hall–Kier alpha value is -3.40. The molecule has 2 aromatic heterocycles. The molecule has 7 heteroatoms. The van der Waals surface area contributed by atoms with Crippen molar-refractivity contribution < 1.29 is 4.74 Å². The van der Waals surface area contributed by atoms with Crippen molar-refractivity contribution >= 4 is 22.7 Å². The van der Waals surface area contributed by atoms with Crippen molar-refractivity contribution in [1.82, 2.24) is 15.0 Å². The molecule has 0 bridgehead atoms. The topological polar surface area (TPSA) is 87.0 Å². The lowest BCUT2D eigenvalue weighted by molar-refractivity contribution is 0.171. The normalized spacial score (nSPS) is 17.1. The summed E-state index contributed by atoms with van der Waals surface area (Å²) in [4.78, 5) is 16.2. The van der Waals surface area contributed by atoms with Gasteiger partial charge in [0.15, 0.2) is 11.6 Å². The molecule has 1 aliphatic carbocycles. The molecule has 0 unspecified atom stereocenters. The molecule has 29 heavy (non-hydrogen) atoms. The van der Waals surface area contributed by atoms with Crippen molar-refractivity contribution in [3.8, 4) is 11.8 Å². The maximum atomic E-state index is 8.92. The second kappa shape index (κ2) is 7.55. The van der Waals surface area contributed by atoms with Crippen LogP contribution in [-0.4, -0.2) is 40.2 Å². The van der Waals surface area contributed by atoms with Gasteiger partial charge in [-0.1, -0.05) is 0 Å². The lowest BCUT2D eigenvalue weighted by Crippen LogP contribution is -2.39. The Morgan fingerprint density at radius 1 is 1.00 bits per heavy atom. The van der Waals surface area contributed by atoms with Crippen molar-refractivity contribution in [1.29, 1.82) is 5.26 Å². The first-order chi connectivity index (χ1) is 14.3. The van der Waals surface area contributed by atoms with Crippen LogP contribution >= 0.6 is 0 Å². The van der Waals surface area contributed by atoms with E-state index in [-0.39, 0.29) is 6.10 Å². The molecule has 7 nitrogen and oxygen atoms in total. The second-order valence-corrected chi connectivity index (χ2v) is 7.62. The van der Waals surface area contributed by atoms with Crippen molar-refractivity contribution in [2.75, 3.05) is 23.3 Å². The van der Waals surface area contributed by atoms with E-state index in [1.807, 2.05) is 18.2 Å². The maximum absolute atomic E-state index is 8.92. The lowest BCUT2D eigenvalue weighted by Gasteiger charge is -2.33. The number of pyridine rings is 1. The van der Waals surface area contributed by atoms with Crippen molar-refractivity contribution in [2.24, 2.45) is 0 Å². The van der Waals surface area contributed by atoms with Gasteiger partial charge in [-0.3, -0.25) is 4.98 Å². The number of piperidine rings is 1. The summed E-state index contributed by atoms with van der Waals surface area (Å²) in [5.41, 5.74) is 2.33. The number of hydrogen-bond acceptors (Lipinski definition) is 7. The number of benzene rings is 1.